The molecule has 2 aromatic carbocycles. The quantitative estimate of drug-likeness (QED) is 0.718. The van der Waals surface area contributed by atoms with Gasteiger partial charge >= 0.3 is 5.97 Å². The second-order valence-corrected chi connectivity index (χ2v) is 4.85. The molecule has 0 bridgehead atoms. The van der Waals surface area contributed by atoms with Crippen LogP contribution in [-0.4, -0.2) is 20.1 Å². The molecule has 0 radical (unpaired) electrons. The van der Waals surface area contributed by atoms with Gasteiger partial charge in [-0.05, 0) is 18.4 Å². The summed E-state index contributed by atoms with van der Waals surface area (Å²) in [6, 6.07) is 10.1. The Kier molecular flexibility index (Phi) is 2.30. The van der Waals surface area contributed by atoms with Gasteiger partial charge in [-0.25, -0.2) is 4.79 Å². The molecule has 3 heteroatoms. The lowest BCUT2D eigenvalue weighted by atomic mass is 9.96. The number of anilines is 1. The van der Waals surface area contributed by atoms with E-state index in [1.807, 2.05) is 50.2 Å². The molecule has 0 saturated heterocycles. The lowest BCUT2D eigenvalue weighted by Crippen LogP contribution is -2.10. The SMILES string of the molecule is CC1OC(=O)c2c1ccc1cccc(N(C)C)c21. The van der Waals surface area contributed by atoms with Crippen molar-refractivity contribution in [3.8, 4) is 0 Å². The minimum atomic E-state index is -0.211. The van der Waals surface area contributed by atoms with Crippen molar-refractivity contribution >= 4 is 22.4 Å². The number of nitrogens with zero attached hydrogens (tertiary/aromatic N) is 1. The Bertz CT molecular complexity index is 646. The molecular formula is C15H15NO2. The van der Waals surface area contributed by atoms with Crippen LogP contribution in [0.5, 0.6) is 0 Å². The largest absolute Gasteiger partial charge is 0.454 e. The molecule has 0 spiro atoms. The van der Waals surface area contributed by atoms with Gasteiger partial charge < -0.3 is 9.64 Å². The molecule has 2 aromatic rings. The van der Waals surface area contributed by atoms with Crippen molar-refractivity contribution in [3.63, 3.8) is 0 Å². The predicted molar refractivity (Wildman–Crippen MR) is 72.1 cm³/mol. The minimum absolute atomic E-state index is 0.146. The fourth-order valence-electron chi connectivity index (χ4n) is 2.59. The van der Waals surface area contributed by atoms with E-state index in [-0.39, 0.29) is 12.1 Å². The maximum Gasteiger partial charge on any atom is 0.339 e. The number of benzene rings is 2. The molecule has 1 atom stereocenters. The first-order valence-corrected chi connectivity index (χ1v) is 6.03. The number of cyclic esters (lactones) is 1. The summed E-state index contributed by atoms with van der Waals surface area (Å²) in [5, 5.41) is 2.07. The normalized spacial score (nSPS) is 17.7. The standard InChI is InChI=1S/C15H15NO2/c1-9-11-8-7-10-5-4-6-12(16(2)3)13(10)14(11)15(17)18-9/h4-9H,1-3H3. The fraction of sp³-hybridized carbons (Fsp3) is 0.267. The zero-order valence-electron chi connectivity index (χ0n) is 10.7. The van der Waals surface area contributed by atoms with Crippen LogP contribution >= 0.6 is 0 Å². The number of ether oxygens (including phenoxy) is 1. The van der Waals surface area contributed by atoms with Gasteiger partial charge in [-0.3, -0.25) is 0 Å². The second-order valence-electron chi connectivity index (χ2n) is 4.85. The van der Waals surface area contributed by atoms with Gasteiger partial charge in [-0.15, -0.1) is 0 Å². The maximum absolute atomic E-state index is 12.0. The number of hydrogen-bond acceptors (Lipinski definition) is 3. The van der Waals surface area contributed by atoms with E-state index >= 15 is 0 Å². The van der Waals surface area contributed by atoms with Gasteiger partial charge in [0.25, 0.3) is 0 Å². The van der Waals surface area contributed by atoms with Crippen LogP contribution in [0.2, 0.25) is 0 Å². The van der Waals surface area contributed by atoms with E-state index in [0.717, 1.165) is 27.6 Å². The second kappa shape index (κ2) is 3.73. The van der Waals surface area contributed by atoms with Crippen LogP contribution in [0.15, 0.2) is 30.3 Å². The van der Waals surface area contributed by atoms with Gasteiger partial charge in [0.1, 0.15) is 6.10 Å². The topological polar surface area (TPSA) is 29.5 Å². The van der Waals surface area contributed by atoms with Crippen molar-refractivity contribution in [2.75, 3.05) is 19.0 Å². The van der Waals surface area contributed by atoms with Crippen molar-refractivity contribution in [1.29, 1.82) is 0 Å². The lowest BCUT2D eigenvalue weighted by molar-refractivity contribution is 0.0423. The molecule has 1 unspecified atom stereocenters. The highest BCUT2D eigenvalue weighted by Crippen LogP contribution is 2.38. The van der Waals surface area contributed by atoms with Crippen LogP contribution in [0.1, 0.15) is 28.9 Å². The van der Waals surface area contributed by atoms with Crippen molar-refractivity contribution in [2.45, 2.75) is 13.0 Å². The first kappa shape index (κ1) is 11.1. The van der Waals surface area contributed by atoms with Crippen LogP contribution < -0.4 is 4.90 Å². The number of rotatable bonds is 1. The minimum Gasteiger partial charge on any atom is -0.454 e. The van der Waals surface area contributed by atoms with Gasteiger partial charge in [-0.1, -0.05) is 24.3 Å². The third kappa shape index (κ3) is 1.40. The van der Waals surface area contributed by atoms with Crippen molar-refractivity contribution < 1.29 is 9.53 Å². The highest BCUT2D eigenvalue weighted by molar-refractivity contribution is 6.12. The van der Waals surface area contributed by atoms with Crippen molar-refractivity contribution in [2.24, 2.45) is 0 Å². The van der Waals surface area contributed by atoms with E-state index in [2.05, 4.69) is 6.07 Å². The van der Waals surface area contributed by atoms with E-state index in [4.69, 9.17) is 4.74 Å². The first-order chi connectivity index (χ1) is 8.59. The number of fused-ring (bicyclic) bond motifs is 3. The molecule has 18 heavy (non-hydrogen) atoms. The van der Waals surface area contributed by atoms with E-state index in [1.54, 1.807) is 0 Å². The third-order valence-corrected chi connectivity index (χ3v) is 3.46. The van der Waals surface area contributed by atoms with E-state index in [1.165, 1.54) is 0 Å². The third-order valence-electron chi connectivity index (χ3n) is 3.46. The molecular weight excluding hydrogens is 226 g/mol. The Morgan fingerprint density at radius 2 is 1.94 bits per heavy atom. The summed E-state index contributed by atoms with van der Waals surface area (Å²) >= 11 is 0. The highest BCUT2D eigenvalue weighted by atomic mass is 16.5. The Balaban J connectivity index is 2.44. The molecule has 0 aliphatic carbocycles. The average molecular weight is 241 g/mol. The summed E-state index contributed by atoms with van der Waals surface area (Å²) in [4.78, 5) is 14.1. The molecule has 0 N–H and O–H groups in total. The molecule has 3 nitrogen and oxygen atoms in total. The number of carbonyl (C=O) groups excluding carboxylic acids is 1. The zero-order valence-corrected chi connectivity index (χ0v) is 10.7. The van der Waals surface area contributed by atoms with E-state index < -0.39 is 0 Å². The monoisotopic (exact) mass is 241 g/mol. The maximum atomic E-state index is 12.0. The van der Waals surface area contributed by atoms with E-state index in [0.29, 0.717) is 0 Å². The number of hydrogen-bond donors (Lipinski definition) is 0. The smallest absolute Gasteiger partial charge is 0.339 e. The Morgan fingerprint density at radius 1 is 1.17 bits per heavy atom. The molecule has 0 saturated carbocycles. The van der Waals surface area contributed by atoms with E-state index in [9.17, 15) is 4.79 Å². The zero-order chi connectivity index (χ0) is 12.9. The van der Waals surface area contributed by atoms with Crippen molar-refractivity contribution in [1.82, 2.24) is 0 Å². The summed E-state index contributed by atoms with van der Waals surface area (Å²) in [5.74, 6) is -0.211. The fourth-order valence-corrected chi connectivity index (χ4v) is 2.59. The van der Waals surface area contributed by atoms with Gasteiger partial charge in [-0.2, -0.15) is 0 Å². The predicted octanol–water partition coefficient (Wildman–Crippen LogP) is 3.14. The summed E-state index contributed by atoms with van der Waals surface area (Å²) < 4.78 is 5.32. The molecule has 0 fully saturated rings. The molecule has 1 heterocycles. The molecule has 0 aromatic heterocycles. The van der Waals surface area contributed by atoms with Crippen LogP contribution in [0.3, 0.4) is 0 Å². The van der Waals surface area contributed by atoms with Gasteiger partial charge in [0.2, 0.25) is 0 Å². The lowest BCUT2D eigenvalue weighted by Gasteiger charge is -2.16. The van der Waals surface area contributed by atoms with Crippen molar-refractivity contribution in [3.05, 3.63) is 41.5 Å². The molecule has 0 amide bonds. The van der Waals surface area contributed by atoms with Gasteiger partial charge in [0, 0.05) is 30.7 Å². The molecule has 3 rings (SSSR count). The summed E-state index contributed by atoms with van der Waals surface area (Å²) in [7, 11) is 3.97. The Labute approximate surface area is 106 Å². The van der Waals surface area contributed by atoms with Crippen LogP contribution in [0.25, 0.3) is 10.8 Å². The average Bonchev–Trinajstić information content (AvgIpc) is 2.64. The molecule has 92 valence electrons. The van der Waals surface area contributed by atoms with Gasteiger partial charge in [0.15, 0.2) is 0 Å². The Hall–Kier alpha value is -2.03. The van der Waals surface area contributed by atoms with Crippen LogP contribution in [-0.2, 0) is 4.74 Å². The Morgan fingerprint density at radius 3 is 2.67 bits per heavy atom. The van der Waals surface area contributed by atoms with Gasteiger partial charge in [0.05, 0.1) is 5.56 Å². The highest BCUT2D eigenvalue weighted by Gasteiger charge is 2.30. The summed E-state index contributed by atoms with van der Waals surface area (Å²) in [6.07, 6.45) is -0.146. The first-order valence-electron chi connectivity index (χ1n) is 6.03. The van der Waals surface area contributed by atoms with Crippen LogP contribution in [0, 0.1) is 0 Å². The molecule has 1 aliphatic rings. The number of esters is 1. The number of carbonyl (C=O) groups is 1. The summed E-state index contributed by atoms with van der Waals surface area (Å²) in [5.41, 5.74) is 2.77. The summed E-state index contributed by atoms with van der Waals surface area (Å²) in [6.45, 7) is 1.91. The molecule has 1 aliphatic heterocycles. The van der Waals surface area contributed by atoms with Crippen LogP contribution in [0.4, 0.5) is 5.69 Å².